The van der Waals surface area contributed by atoms with Gasteiger partial charge in [0.15, 0.2) is 0 Å². The summed E-state index contributed by atoms with van der Waals surface area (Å²) in [6.07, 6.45) is 1.18. The fourth-order valence-corrected chi connectivity index (χ4v) is 2.60. The second-order valence-electron chi connectivity index (χ2n) is 6.36. The van der Waals surface area contributed by atoms with Crippen molar-refractivity contribution in [2.75, 3.05) is 13.1 Å². The van der Waals surface area contributed by atoms with Crippen LogP contribution in [0.1, 0.15) is 32.8 Å². The first kappa shape index (κ1) is 13.3. The van der Waals surface area contributed by atoms with E-state index in [4.69, 9.17) is 0 Å². The molecule has 0 aliphatic carbocycles. The van der Waals surface area contributed by atoms with Crippen LogP contribution in [0, 0.1) is 17.2 Å². The molecular weight excluding hydrogens is 229 g/mol. The average molecular weight is 251 g/mol. The third-order valence-electron chi connectivity index (χ3n) is 3.93. The van der Waals surface area contributed by atoms with E-state index in [1.165, 1.54) is 24.6 Å². The number of phenols is 1. The van der Waals surface area contributed by atoms with Crippen LogP contribution in [0.4, 0.5) is 4.39 Å². The van der Waals surface area contributed by atoms with Crippen LogP contribution in [0.5, 0.6) is 5.75 Å². The third-order valence-corrected chi connectivity index (χ3v) is 3.93. The molecule has 0 radical (unpaired) electrons. The first-order valence-corrected chi connectivity index (χ1v) is 6.56. The number of hydrogen-bond acceptors (Lipinski definition) is 2. The van der Waals surface area contributed by atoms with E-state index in [2.05, 4.69) is 25.7 Å². The molecule has 1 aromatic rings. The van der Waals surface area contributed by atoms with Crippen molar-refractivity contribution in [2.24, 2.45) is 11.3 Å². The van der Waals surface area contributed by atoms with Gasteiger partial charge in [-0.1, -0.05) is 20.8 Å². The largest absolute Gasteiger partial charge is 0.508 e. The van der Waals surface area contributed by atoms with Gasteiger partial charge < -0.3 is 5.11 Å². The van der Waals surface area contributed by atoms with Crippen LogP contribution in [-0.4, -0.2) is 23.1 Å². The summed E-state index contributed by atoms with van der Waals surface area (Å²) in [7, 11) is 0. The summed E-state index contributed by atoms with van der Waals surface area (Å²) in [4.78, 5) is 2.30. The van der Waals surface area contributed by atoms with Gasteiger partial charge in [0, 0.05) is 18.7 Å². The molecule has 0 bridgehead atoms. The molecule has 0 amide bonds. The monoisotopic (exact) mass is 251 g/mol. The van der Waals surface area contributed by atoms with Crippen molar-refractivity contribution >= 4 is 0 Å². The van der Waals surface area contributed by atoms with E-state index in [1.54, 1.807) is 0 Å². The van der Waals surface area contributed by atoms with Gasteiger partial charge >= 0.3 is 0 Å². The Balaban J connectivity index is 2.01. The van der Waals surface area contributed by atoms with Gasteiger partial charge in [0.25, 0.3) is 0 Å². The van der Waals surface area contributed by atoms with Crippen molar-refractivity contribution in [3.05, 3.63) is 29.6 Å². The van der Waals surface area contributed by atoms with Crippen LogP contribution >= 0.6 is 0 Å². The summed E-state index contributed by atoms with van der Waals surface area (Å²) in [6, 6.07) is 4.16. The summed E-state index contributed by atoms with van der Waals surface area (Å²) in [5.41, 5.74) is 1.00. The molecule has 1 aliphatic heterocycles. The lowest BCUT2D eigenvalue weighted by molar-refractivity contribution is 0.225. The van der Waals surface area contributed by atoms with Crippen molar-refractivity contribution in [3.8, 4) is 5.75 Å². The van der Waals surface area contributed by atoms with Crippen molar-refractivity contribution in [2.45, 2.75) is 33.7 Å². The number of rotatable bonds is 2. The highest BCUT2D eigenvalue weighted by Crippen LogP contribution is 2.34. The van der Waals surface area contributed by atoms with Crippen molar-refractivity contribution in [3.63, 3.8) is 0 Å². The van der Waals surface area contributed by atoms with Gasteiger partial charge in [-0.15, -0.1) is 0 Å². The molecule has 0 aromatic heterocycles. The van der Waals surface area contributed by atoms with Crippen molar-refractivity contribution in [1.29, 1.82) is 0 Å². The molecule has 2 rings (SSSR count). The number of benzene rings is 1. The molecule has 1 aromatic carbocycles. The standard InChI is InChI=1S/C15H22FNO/c1-15(2,3)12-6-7-17(10-12)9-11-8-13(16)4-5-14(11)18/h4-5,8,12,18H,6-7,9-10H2,1-3H3. The zero-order valence-electron chi connectivity index (χ0n) is 11.4. The van der Waals surface area contributed by atoms with Gasteiger partial charge in [-0.2, -0.15) is 0 Å². The third kappa shape index (κ3) is 3.02. The minimum Gasteiger partial charge on any atom is -0.508 e. The van der Waals surface area contributed by atoms with Crippen LogP contribution < -0.4 is 0 Å². The second kappa shape index (κ2) is 4.88. The molecule has 0 spiro atoms. The first-order valence-electron chi connectivity index (χ1n) is 6.56. The van der Waals surface area contributed by atoms with Gasteiger partial charge in [0.2, 0.25) is 0 Å². The maximum Gasteiger partial charge on any atom is 0.123 e. The molecule has 1 N–H and O–H groups in total. The molecule has 2 nitrogen and oxygen atoms in total. The molecule has 1 aliphatic rings. The zero-order valence-corrected chi connectivity index (χ0v) is 11.4. The van der Waals surface area contributed by atoms with Crippen LogP contribution in [0.3, 0.4) is 0 Å². The van der Waals surface area contributed by atoms with E-state index in [1.807, 2.05) is 0 Å². The number of hydrogen-bond donors (Lipinski definition) is 1. The lowest BCUT2D eigenvalue weighted by atomic mass is 9.80. The smallest absolute Gasteiger partial charge is 0.123 e. The molecule has 1 atom stereocenters. The molecule has 18 heavy (non-hydrogen) atoms. The Bertz CT molecular complexity index is 425. The van der Waals surface area contributed by atoms with Crippen molar-refractivity contribution < 1.29 is 9.50 Å². The number of aromatic hydroxyl groups is 1. The Hall–Kier alpha value is -1.09. The Kier molecular flexibility index (Phi) is 3.62. The van der Waals surface area contributed by atoms with Gasteiger partial charge in [0.05, 0.1) is 0 Å². The van der Waals surface area contributed by atoms with E-state index >= 15 is 0 Å². The topological polar surface area (TPSA) is 23.5 Å². The second-order valence-corrected chi connectivity index (χ2v) is 6.36. The van der Waals surface area contributed by atoms with Crippen molar-refractivity contribution in [1.82, 2.24) is 4.90 Å². The Morgan fingerprint density at radius 3 is 2.72 bits per heavy atom. The van der Waals surface area contributed by atoms with Crippen LogP contribution in [0.25, 0.3) is 0 Å². The van der Waals surface area contributed by atoms with E-state index in [0.29, 0.717) is 23.4 Å². The zero-order chi connectivity index (χ0) is 13.3. The van der Waals surface area contributed by atoms with Gasteiger partial charge in [-0.3, -0.25) is 4.90 Å². The van der Waals surface area contributed by atoms with E-state index < -0.39 is 0 Å². The van der Waals surface area contributed by atoms with Gasteiger partial charge in [0.1, 0.15) is 11.6 Å². The highest BCUT2D eigenvalue weighted by Gasteiger charge is 2.31. The highest BCUT2D eigenvalue weighted by atomic mass is 19.1. The normalized spacial score (nSPS) is 21.4. The number of halogens is 1. The lowest BCUT2D eigenvalue weighted by Crippen LogP contribution is -2.25. The highest BCUT2D eigenvalue weighted by molar-refractivity contribution is 5.32. The molecule has 1 fully saturated rings. The maximum atomic E-state index is 13.2. The first-order chi connectivity index (χ1) is 8.36. The summed E-state index contributed by atoms with van der Waals surface area (Å²) < 4.78 is 13.2. The molecule has 1 saturated heterocycles. The molecule has 1 unspecified atom stereocenters. The van der Waals surface area contributed by atoms with Gasteiger partial charge in [-0.25, -0.2) is 4.39 Å². The molecule has 1 heterocycles. The Labute approximate surface area is 108 Å². The summed E-state index contributed by atoms with van der Waals surface area (Å²) in [5, 5.41) is 9.73. The molecule has 3 heteroatoms. The van der Waals surface area contributed by atoms with Crippen LogP contribution in [0.2, 0.25) is 0 Å². The number of nitrogens with zero attached hydrogens (tertiary/aromatic N) is 1. The fraction of sp³-hybridized carbons (Fsp3) is 0.600. The summed E-state index contributed by atoms with van der Waals surface area (Å²) in [5.74, 6) is 0.582. The Morgan fingerprint density at radius 1 is 1.39 bits per heavy atom. The number of likely N-dealkylation sites (tertiary alicyclic amines) is 1. The summed E-state index contributed by atoms with van der Waals surface area (Å²) in [6.45, 7) is 9.48. The molecule has 100 valence electrons. The Morgan fingerprint density at radius 2 is 2.11 bits per heavy atom. The minimum absolute atomic E-state index is 0.190. The number of phenolic OH excluding ortho intramolecular Hbond substituents is 1. The SMILES string of the molecule is CC(C)(C)C1CCN(Cc2cc(F)ccc2O)C1. The maximum absolute atomic E-state index is 13.2. The quantitative estimate of drug-likeness (QED) is 0.870. The predicted octanol–water partition coefficient (Wildman–Crippen LogP) is 3.40. The molecular formula is C15H22FNO. The summed E-state index contributed by atoms with van der Waals surface area (Å²) >= 11 is 0. The lowest BCUT2D eigenvalue weighted by Gasteiger charge is -2.27. The van der Waals surface area contributed by atoms with E-state index in [0.717, 1.165) is 13.1 Å². The fourth-order valence-electron chi connectivity index (χ4n) is 2.60. The molecule has 0 saturated carbocycles. The van der Waals surface area contributed by atoms with Gasteiger partial charge in [-0.05, 0) is 42.5 Å². The minimum atomic E-state index is -0.283. The van der Waals surface area contributed by atoms with Crippen LogP contribution in [0.15, 0.2) is 18.2 Å². The van der Waals surface area contributed by atoms with Crippen LogP contribution in [-0.2, 0) is 6.54 Å². The average Bonchev–Trinajstić information content (AvgIpc) is 2.71. The predicted molar refractivity (Wildman–Crippen MR) is 70.9 cm³/mol. The van der Waals surface area contributed by atoms with E-state index in [-0.39, 0.29) is 11.6 Å². The van der Waals surface area contributed by atoms with E-state index in [9.17, 15) is 9.50 Å².